The number of ether oxygens (including phenoxy) is 1. The van der Waals surface area contributed by atoms with Gasteiger partial charge in [0.1, 0.15) is 17.9 Å². The molecule has 0 radical (unpaired) electrons. The van der Waals surface area contributed by atoms with E-state index in [9.17, 15) is 0 Å². The van der Waals surface area contributed by atoms with Gasteiger partial charge in [0, 0.05) is 36.1 Å². The largest absolute Gasteiger partial charge is 0.461 e. The molecule has 4 aliphatic rings. The second kappa shape index (κ2) is 9.38. The van der Waals surface area contributed by atoms with Crippen molar-refractivity contribution in [2.75, 3.05) is 37.7 Å². The van der Waals surface area contributed by atoms with Crippen LogP contribution >= 0.6 is 0 Å². The smallest absolute Gasteiger partial charge is 0.319 e. The second-order valence-electron chi connectivity index (χ2n) is 12.4. The molecule has 4 saturated heterocycles. The molecule has 6 nitrogen and oxygen atoms in total. The monoisotopic (exact) mass is 537 g/mol. The molecule has 2 bridgehead atoms. The third-order valence-electron chi connectivity index (χ3n) is 9.97. The molecule has 4 fully saturated rings. The Morgan fingerprint density at radius 3 is 2.48 bits per heavy atom. The lowest BCUT2D eigenvalue weighted by molar-refractivity contribution is 0.108. The molecule has 0 aliphatic carbocycles. The molecule has 0 amide bonds. The van der Waals surface area contributed by atoms with Crippen molar-refractivity contribution >= 4 is 27.5 Å². The minimum atomic E-state index is -0.304. The summed E-state index contributed by atoms with van der Waals surface area (Å²) in [5.74, 6) is 0.492. The van der Waals surface area contributed by atoms with Crippen LogP contribution in [0.3, 0.4) is 0 Å². The fourth-order valence-corrected chi connectivity index (χ4v) is 8.02. The van der Waals surface area contributed by atoms with Crippen molar-refractivity contribution in [3.8, 4) is 17.1 Å². The number of aromatic nitrogens is 2. The topological polar surface area (TPSA) is 53.5 Å². The zero-order chi connectivity index (χ0) is 26.8. The van der Waals surface area contributed by atoms with Crippen LogP contribution in [0.5, 0.6) is 6.01 Å². The highest BCUT2D eigenvalue weighted by atomic mass is 19.1. The summed E-state index contributed by atoms with van der Waals surface area (Å²) in [5, 5.41) is 6.65. The van der Waals surface area contributed by atoms with Crippen molar-refractivity contribution in [2.24, 2.45) is 0 Å². The van der Waals surface area contributed by atoms with Crippen LogP contribution in [0.15, 0.2) is 48.5 Å². The van der Waals surface area contributed by atoms with Crippen LogP contribution in [0.2, 0.25) is 0 Å². The molecule has 2 unspecified atom stereocenters. The quantitative estimate of drug-likeness (QED) is 0.345. The number of anilines is 1. The zero-order valence-electron chi connectivity index (χ0n) is 23.1. The molecule has 5 heterocycles. The first-order valence-corrected chi connectivity index (χ1v) is 15.0. The van der Waals surface area contributed by atoms with Crippen LogP contribution in [0.4, 0.5) is 10.2 Å². The van der Waals surface area contributed by atoms with E-state index in [-0.39, 0.29) is 11.4 Å². The van der Waals surface area contributed by atoms with Crippen molar-refractivity contribution < 1.29 is 9.13 Å². The van der Waals surface area contributed by atoms with E-state index in [1.54, 1.807) is 0 Å². The number of hydrogen-bond acceptors (Lipinski definition) is 6. The van der Waals surface area contributed by atoms with Gasteiger partial charge in [-0.25, -0.2) is 4.39 Å². The number of piperazine rings is 1. The predicted molar refractivity (Wildman–Crippen MR) is 158 cm³/mol. The summed E-state index contributed by atoms with van der Waals surface area (Å²) in [7, 11) is 0. The standard InChI is InChI=1S/C33H36FN5O/c1-21-6-2-7-22-8-3-9-25(28(21)22)26-12-13-27-30(29(26)34)36-32(40-20-33-14-4-16-39(33)17-5-15-33)37-31(27)38-18-23-10-11-24(19-38)35-23/h2-3,6-9,12-13,23-24,35H,4-5,10-11,14-20H2,1H3. The van der Waals surface area contributed by atoms with Crippen LogP contribution in [0.25, 0.3) is 32.8 Å². The van der Waals surface area contributed by atoms with Crippen LogP contribution in [0.1, 0.15) is 44.1 Å². The first-order chi connectivity index (χ1) is 19.6. The third-order valence-corrected chi connectivity index (χ3v) is 9.97. The van der Waals surface area contributed by atoms with E-state index in [0.717, 1.165) is 72.1 Å². The van der Waals surface area contributed by atoms with Gasteiger partial charge >= 0.3 is 6.01 Å². The summed E-state index contributed by atoms with van der Waals surface area (Å²) in [6.45, 7) is 6.66. The molecule has 8 rings (SSSR count). The van der Waals surface area contributed by atoms with Gasteiger partial charge in [-0.15, -0.1) is 0 Å². The molecule has 3 aromatic carbocycles. The number of nitrogens with zero attached hydrogens (tertiary/aromatic N) is 4. The van der Waals surface area contributed by atoms with Crippen molar-refractivity contribution in [1.29, 1.82) is 0 Å². The van der Waals surface area contributed by atoms with Gasteiger partial charge in [0.15, 0.2) is 5.82 Å². The van der Waals surface area contributed by atoms with E-state index in [1.165, 1.54) is 25.7 Å². The van der Waals surface area contributed by atoms with Gasteiger partial charge in [-0.05, 0) is 86.5 Å². The Bertz CT molecular complexity index is 1590. The van der Waals surface area contributed by atoms with Gasteiger partial charge in [-0.3, -0.25) is 4.90 Å². The van der Waals surface area contributed by atoms with E-state index < -0.39 is 0 Å². The lowest BCUT2D eigenvalue weighted by atomic mass is 9.94. The van der Waals surface area contributed by atoms with Gasteiger partial charge in [-0.2, -0.15) is 9.97 Å². The molecule has 1 aromatic heterocycles. The number of rotatable bonds is 5. The Hall–Kier alpha value is -3.29. The number of hydrogen-bond donors (Lipinski definition) is 1. The summed E-state index contributed by atoms with van der Waals surface area (Å²) in [4.78, 5) is 14.7. The number of nitrogens with one attached hydrogen (secondary N) is 1. The molecule has 7 heteroatoms. The number of halogens is 1. The van der Waals surface area contributed by atoms with Gasteiger partial charge in [0.2, 0.25) is 0 Å². The Kier molecular flexibility index (Phi) is 5.75. The highest BCUT2D eigenvalue weighted by molar-refractivity contribution is 6.02. The maximum Gasteiger partial charge on any atom is 0.319 e. The van der Waals surface area contributed by atoms with Gasteiger partial charge in [-0.1, -0.05) is 42.5 Å². The Labute approximate surface area is 234 Å². The van der Waals surface area contributed by atoms with Crippen molar-refractivity contribution in [1.82, 2.24) is 20.2 Å². The fraction of sp³-hybridized carbons (Fsp3) is 0.455. The van der Waals surface area contributed by atoms with Crippen LogP contribution in [-0.2, 0) is 0 Å². The summed E-state index contributed by atoms with van der Waals surface area (Å²) < 4.78 is 23.1. The average Bonchev–Trinajstić information content (AvgIpc) is 3.65. The summed E-state index contributed by atoms with van der Waals surface area (Å²) in [5.41, 5.74) is 3.02. The molecule has 206 valence electrons. The van der Waals surface area contributed by atoms with Crippen molar-refractivity contribution in [3.05, 3.63) is 59.9 Å². The Balaban J connectivity index is 1.25. The minimum Gasteiger partial charge on any atom is -0.461 e. The SMILES string of the molecule is Cc1cccc2cccc(-c3ccc4c(N5CC6CCC(C5)N6)nc(OCC56CCCN5CCC6)nc4c3F)c12. The molecule has 0 spiro atoms. The highest BCUT2D eigenvalue weighted by Gasteiger charge is 2.45. The third kappa shape index (κ3) is 3.89. The molecular formula is C33H36FN5O. The Morgan fingerprint density at radius 1 is 0.950 bits per heavy atom. The Morgan fingerprint density at radius 2 is 1.70 bits per heavy atom. The molecule has 4 aromatic rings. The summed E-state index contributed by atoms with van der Waals surface area (Å²) >= 11 is 0. The molecule has 1 N–H and O–H groups in total. The lowest BCUT2D eigenvalue weighted by Gasteiger charge is -2.34. The predicted octanol–water partition coefficient (Wildman–Crippen LogP) is 5.85. The van der Waals surface area contributed by atoms with Gasteiger partial charge in [0.25, 0.3) is 0 Å². The minimum absolute atomic E-state index is 0.0769. The number of benzene rings is 3. The van der Waals surface area contributed by atoms with Crippen LogP contribution in [0, 0.1) is 12.7 Å². The van der Waals surface area contributed by atoms with Crippen LogP contribution in [-0.4, -0.2) is 65.3 Å². The van der Waals surface area contributed by atoms with Crippen molar-refractivity contribution in [2.45, 2.75) is 63.1 Å². The van der Waals surface area contributed by atoms with E-state index in [0.29, 0.717) is 35.8 Å². The van der Waals surface area contributed by atoms with E-state index >= 15 is 4.39 Å². The van der Waals surface area contributed by atoms with Crippen LogP contribution < -0.4 is 15.0 Å². The van der Waals surface area contributed by atoms with Crippen molar-refractivity contribution in [3.63, 3.8) is 0 Å². The highest BCUT2D eigenvalue weighted by Crippen LogP contribution is 2.41. The number of fused-ring (bicyclic) bond motifs is 5. The first kappa shape index (κ1) is 24.5. The summed E-state index contributed by atoms with van der Waals surface area (Å²) in [6, 6.07) is 17.5. The molecule has 4 aliphatic heterocycles. The van der Waals surface area contributed by atoms with Gasteiger partial charge < -0.3 is 15.0 Å². The van der Waals surface area contributed by atoms with E-state index in [2.05, 4.69) is 46.3 Å². The zero-order valence-corrected chi connectivity index (χ0v) is 23.1. The molecule has 2 atom stereocenters. The normalized spacial score (nSPS) is 23.8. The molecule has 40 heavy (non-hydrogen) atoms. The lowest BCUT2D eigenvalue weighted by Crippen LogP contribution is -2.51. The molecule has 0 saturated carbocycles. The van der Waals surface area contributed by atoms with Gasteiger partial charge in [0.05, 0.1) is 5.54 Å². The first-order valence-electron chi connectivity index (χ1n) is 15.0. The second-order valence-corrected chi connectivity index (χ2v) is 12.4. The summed E-state index contributed by atoms with van der Waals surface area (Å²) in [6.07, 6.45) is 7.05. The fourth-order valence-electron chi connectivity index (χ4n) is 8.02. The van der Waals surface area contributed by atoms with E-state index in [1.807, 2.05) is 24.3 Å². The number of aryl methyl sites for hydroxylation is 1. The van der Waals surface area contributed by atoms with E-state index in [4.69, 9.17) is 14.7 Å². The maximum absolute atomic E-state index is 16.7. The average molecular weight is 538 g/mol. The maximum atomic E-state index is 16.7. The molecular weight excluding hydrogens is 501 g/mol.